The van der Waals surface area contributed by atoms with Gasteiger partial charge in [0.05, 0.1) is 18.0 Å². The molecule has 7 nitrogen and oxygen atoms in total. The SMILES string of the molecule is O=C(CN1CCN(Cc2nnc(-c3cccs3)o2)CC1)Nc1ccccc1. The van der Waals surface area contributed by atoms with Crippen LogP contribution in [0.3, 0.4) is 0 Å². The molecule has 0 aliphatic carbocycles. The van der Waals surface area contributed by atoms with E-state index in [1.165, 1.54) is 0 Å². The van der Waals surface area contributed by atoms with Gasteiger partial charge >= 0.3 is 0 Å². The van der Waals surface area contributed by atoms with E-state index in [-0.39, 0.29) is 5.91 Å². The molecule has 140 valence electrons. The first kappa shape index (κ1) is 17.8. The van der Waals surface area contributed by atoms with Crippen molar-refractivity contribution in [2.45, 2.75) is 6.54 Å². The zero-order valence-electron chi connectivity index (χ0n) is 14.9. The van der Waals surface area contributed by atoms with Crippen LogP contribution in [0.4, 0.5) is 5.69 Å². The molecular formula is C19H21N5O2S. The number of anilines is 1. The van der Waals surface area contributed by atoms with E-state index in [2.05, 4.69) is 25.3 Å². The molecule has 1 N–H and O–H groups in total. The van der Waals surface area contributed by atoms with Crippen molar-refractivity contribution < 1.29 is 9.21 Å². The number of carbonyl (C=O) groups excluding carboxylic acids is 1. The Bertz CT molecular complexity index is 857. The second-order valence-electron chi connectivity index (χ2n) is 6.44. The Morgan fingerprint density at radius 1 is 1.04 bits per heavy atom. The molecular weight excluding hydrogens is 362 g/mol. The molecule has 1 aliphatic heterocycles. The van der Waals surface area contributed by atoms with E-state index in [4.69, 9.17) is 4.42 Å². The lowest BCUT2D eigenvalue weighted by molar-refractivity contribution is -0.117. The third kappa shape index (κ3) is 4.79. The van der Waals surface area contributed by atoms with Gasteiger partial charge in [-0.3, -0.25) is 14.6 Å². The summed E-state index contributed by atoms with van der Waals surface area (Å²) in [5, 5.41) is 13.2. The van der Waals surface area contributed by atoms with Crippen LogP contribution < -0.4 is 5.32 Å². The number of aromatic nitrogens is 2. The van der Waals surface area contributed by atoms with Crippen LogP contribution in [0.25, 0.3) is 10.8 Å². The third-order valence-electron chi connectivity index (χ3n) is 4.45. The van der Waals surface area contributed by atoms with Gasteiger partial charge in [0.25, 0.3) is 5.89 Å². The summed E-state index contributed by atoms with van der Waals surface area (Å²) in [5.74, 6) is 1.23. The zero-order valence-corrected chi connectivity index (χ0v) is 15.7. The first-order chi connectivity index (χ1) is 13.3. The van der Waals surface area contributed by atoms with Crippen molar-refractivity contribution in [3.63, 3.8) is 0 Å². The molecule has 1 saturated heterocycles. The maximum Gasteiger partial charge on any atom is 0.257 e. The summed E-state index contributed by atoms with van der Waals surface area (Å²) in [6.07, 6.45) is 0. The molecule has 0 bridgehead atoms. The second-order valence-corrected chi connectivity index (χ2v) is 7.39. The predicted molar refractivity (Wildman–Crippen MR) is 104 cm³/mol. The summed E-state index contributed by atoms with van der Waals surface area (Å²) in [6.45, 7) is 4.47. The number of nitrogens with zero attached hydrogens (tertiary/aromatic N) is 4. The number of para-hydroxylation sites is 1. The Kier molecular flexibility index (Phi) is 5.57. The molecule has 0 saturated carbocycles. The first-order valence-electron chi connectivity index (χ1n) is 8.92. The number of thiophene rings is 1. The minimum atomic E-state index is 0.0205. The van der Waals surface area contributed by atoms with Gasteiger partial charge in [-0.2, -0.15) is 0 Å². The van der Waals surface area contributed by atoms with Gasteiger partial charge in [0, 0.05) is 31.9 Å². The Balaban J connectivity index is 1.23. The van der Waals surface area contributed by atoms with Crippen LogP contribution in [-0.2, 0) is 11.3 Å². The van der Waals surface area contributed by atoms with E-state index >= 15 is 0 Å². The monoisotopic (exact) mass is 383 g/mol. The van der Waals surface area contributed by atoms with Gasteiger partial charge in [-0.05, 0) is 23.6 Å². The minimum Gasteiger partial charge on any atom is -0.419 e. The molecule has 3 heterocycles. The van der Waals surface area contributed by atoms with Crippen molar-refractivity contribution in [3.05, 3.63) is 53.7 Å². The van der Waals surface area contributed by atoms with Gasteiger partial charge in [-0.25, -0.2) is 0 Å². The number of hydrogen-bond donors (Lipinski definition) is 1. The molecule has 0 unspecified atom stereocenters. The first-order valence-corrected chi connectivity index (χ1v) is 9.80. The Morgan fingerprint density at radius 3 is 2.56 bits per heavy atom. The van der Waals surface area contributed by atoms with E-state index in [0.29, 0.717) is 24.9 Å². The van der Waals surface area contributed by atoms with Crippen molar-refractivity contribution in [3.8, 4) is 10.8 Å². The van der Waals surface area contributed by atoms with E-state index < -0.39 is 0 Å². The van der Waals surface area contributed by atoms with Gasteiger partial charge in [0.15, 0.2) is 0 Å². The predicted octanol–water partition coefficient (Wildman–Crippen LogP) is 2.55. The fraction of sp³-hybridized carbons (Fsp3) is 0.316. The molecule has 0 atom stereocenters. The number of nitrogens with one attached hydrogen (secondary N) is 1. The van der Waals surface area contributed by atoms with Gasteiger partial charge in [0.1, 0.15) is 0 Å². The Labute approximate surface area is 161 Å². The molecule has 27 heavy (non-hydrogen) atoms. The average molecular weight is 383 g/mol. The summed E-state index contributed by atoms with van der Waals surface area (Å²) in [5.41, 5.74) is 0.832. The minimum absolute atomic E-state index is 0.0205. The highest BCUT2D eigenvalue weighted by Crippen LogP contribution is 2.23. The van der Waals surface area contributed by atoms with E-state index in [1.54, 1.807) is 11.3 Å². The largest absolute Gasteiger partial charge is 0.419 e. The lowest BCUT2D eigenvalue weighted by Crippen LogP contribution is -2.48. The normalized spacial score (nSPS) is 15.7. The third-order valence-corrected chi connectivity index (χ3v) is 5.31. The van der Waals surface area contributed by atoms with Crippen molar-refractivity contribution in [1.29, 1.82) is 0 Å². The standard InChI is InChI=1S/C19H21N5O2S/c25-17(20-15-5-2-1-3-6-15)13-23-8-10-24(11-9-23)14-18-21-22-19(26-18)16-7-4-12-27-16/h1-7,12H,8-11,13-14H2,(H,20,25). The van der Waals surface area contributed by atoms with Crippen molar-refractivity contribution in [1.82, 2.24) is 20.0 Å². The molecule has 1 aliphatic rings. The average Bonchev–Trinajstić information content (AvgIpc) is 3.36. The quantitative estimate of drug-likeness (QED) is 0.705. The summed E-state index contributed by atoms with van der Waals surface area (Å²) in [7, 11) is 0. The molecule has 1 aromatic carbocycles. The lowest BCUT2D eigenvalue weighted by Gasteiger charge is -2.33. The molecule has 1 amide bonds. The molecule has 2 aromatic heterocycles. The molecule has 1 fully saturated rings. The van der Waals surface area contributed by atoms with E-state index in [1.807, 2.05) is 47.8 Å². The highest BCUT2D eigenvalue weighted by molar-refractivity contribution is 7.13. The van der Waals surface area contributed by atoms with Crippen molar-refractivity contribution >= 4 is 22.9 Å². The van der Waals surface area contributed by atoms with Crippen LogP contribution in [0.5, 0.6) is 0 Å². The van der Waals surface area contributed by atoms with Crippen molar-refractivity contribution in [2.24, 2.45) is 0 Å². The van der Waals surface area contributed by atoms with E-state index in [0.717, 1.165) is 36.7 Å². The molecule has 8 heteroatoms. The highest BCUT2D eigenvalue weighted by atomic mass is 32.1. The summed E-state index contributed by atoms with van der Waals surface area (Å²) >= 11 is 1.59. The van der Waals surface area contributed by atoms with E-state index in [9.17, 15) is 4.79 Å². The lowest BCUT2D eigenvalue weighted by atomic mass is 10.3. The van der Waals surface area contributed by atoms with Crippen LogP contribution in [0.2, 0.25) is 0 Å². The van der Waals surface area contributed by atoms with Gasteiger partial charge in [-0.1, -0.05) is 24.3 Å². The fourth-order valence-electron chi connectivity index (χ4n) is 3.04. The topological polar surface area (TPSA) is 74.5 Å². The number of amides is 1. The van der Waals surface area contributed by atoms with Crippen LogP contribution in [0.1, 0.15) is 5.89 Å². The number of piperazine rings is 1. The van der Waals surface area contributed by atoms with Gasteiger partial charge < -0.3 is 9.73 Å². The molecule has 0 spiro atoms. The summed E-state index contributed by atoms with van der Waals surface area (Å²) < 4.78 is 5.76. The molecule has 0 radical (unpaired) electrons. The Morgan fingerprint density at radius 2 is 1.81 bits per heavy atom. The van der Waals surface area contributed by atoms with Crippen LogP contribution in [0.15, 0.2) is 52.3 Å². The summed E-state index contributed by atoms with van der Waals surface area (Å²) in [6, 6.07) is 13.5. The van der Waals surface area contributed by atoms with Crippen LogP contribution >= 0.6 is 11.3 Å². The number of carbonyl (C=O) groups is 1. The van der Waals surface area contributed by atoms with Crippen LogP contribution in [-0.4, -0.2) is 58.6 Å². The fourth-order valence-corrected chi connectivity index (χ4v) is 3.68. The van der Waals surface area contributed by atoms with Gasteiger partial charge in [0.2, 0.25) is 11.8 Å². The molecule has 4 rings (SSSR count). The smallest absolute Gasteiger partial charge is 0.257 e. The zero-order chi connectivity index (χ0) is 18.5. The highest BCUT2D eigenvalue weighted by Gasteiger charge is 2.21. The van der Waals surface area contributed by atoms with Gasteiger partial charge in [-0.15, -0.1) is 21.5 Å². The maximum atomic E-state index is 12.2. The summed E-state index contributed by atoms with van der Waals surface area (Å²) in [4.78, 5) is 17.6. The molecule has 3 aromatic rings. The Hall–Kier alpha value is -2.55. The van der Waals surface area contributed by atoms with Crippen molar-refractivity contribution in [2.75, 3.05) is 38.0 Å². The maximum absolute atomic E-state index is 12.2. The van der Waals surface area contributed by atoms with Crippen LogP contribution in [0, 0.1) is 0 Å². The second kappa shape index (κ2) is 8.43. The number of rotatable bonds is 6. The number of hydrogen-bond acceptors (Lipinski definition) is 7. The number of benzene rings is 1.